The fraction of sp³-hybridized carbons (Fsp3) is 0.222. The van der Waals surface area contributed by atoms with Gasteiger partial charge >= 0.3 is 0 Å². The predicted molar refractivity (Wildman–Crippen MR) is 43.3 cm³/mol. The highest BCUT2D eigenvalue weighted by molar-refractivity contribution is 5.97. The number of carbonyl (C=O) groups is 1. The van der Waals surface area contributed by atoms with Gasteiger partial charge in [-0.3, -0.25) is 4.79 Å². The van der Waals surface area contributed by atoms with Crippen LogP contribution in [0.15, 0.2) is 24.3 Å². The van der Waals surface area contributed by atoms with Crippen molar-refractivity contribution in [1.82, 2.24) is 0 Å². The number of ketones is 1. The Morgan fingerprint density at radius 1 is 1.58 bits per heavy atom. The lowest BCUT2D eigenvalue weighted by atomic mass is 10.1. The first-order valence-corrected chi connectivity index (χ1v) is 3.51. The van der Waals surface area contributed by atoms with Crippen molar-refractivity contribution in [3.63, 3.8) is 0 Å². The van der Waals surface area contributed by atoms with Crippen LogP contribution in [-0.4, -0.2) is 19.6 Å². The zero-order chi connectivity index (χ0) is 8.97. The van der Waals surface area contributed by atoms with E-state index in [9.17, 15) is 9.18 Å². The number of carbonyl (C=O) groups excluding carboxylic acids is 1. The Balaban J connectivity index is 2.93. The molecule has 3 heteroatoms. The molecule has 0 radical (unpaired) electrons. The van der Waals surface area contributed by atoms with Crippen molar-refractivity contribution >= 4 is 5.78 Å². The number of hydrogen-bond donors (Lipinski definition) is 0. The number of hydrogen-bond acceptors (Lipinski definition) is 2. The second-order valence-electron chi connectivity index (χ2n) is 2.29. The van der Waals surface area contributed by atoms with Crippen molar-refractivity contribution in [1.29, 1.82) is 0 Å². The van der Waals surface area contributed by atoms with E-state index >= 15 is 0 Å². The lowest BCUT2D eigenvalue weighted by molar-refractivity contribution is 0.0958. The van der Waals surface area contributed by atoms with Crippen LogP contribution in [0.1, 0.15) is 10.4 Å². The summed E-state index contributed by atoms with van der Waals surface area (Å²) in [6, 6.07) is 6.43. The molecule has 0 bridgehead atoms. The first-order valence-electron chi connectivity index (χ1n) is 3.51. The molecule has 12 heavy (non-hydrogen) atoms. The highest BCUT2D eigenvalue weighted by Gasteiger charge is 2.04. The molecular weight excluding hydrogens is 159 g/mol. The Morgan fingerprint density at radius 3 is 2.92 bits per heavy atom. The van der Waals surface area contributed by atoms with Gasteiger partial charge in [-0.15, -0.1) is 0 Å². The largest absolute Gasteiger partial charge is 0.497 e. The monoisotopic (exact) mass is 168 g/mol. The fourth-order valence-corrected chi connectivity index (χ4v) is 0.874. The van der Waals surface area contributed by atoms with E-state index in [1.807, 2.05) is 0 Å². The molecule has 0 unspecified atom stereocenters. The third-order valence-electron chi connectivity index (χ3n) is 1.51. The van der Waals surface area contributed by atoms with Gasteiger partial charge in [0.1, 0.15) is 5.75 Å². The summed E-state index contributed by atoms with van der Waals surface area (Å²) in [5.41, 5.74) is 0.344. The summed E-state index contributed by atoms with van der Waals surface area (Å²) >= 11 is 0. The normalized spacial score (nSPS) is 9.50. The maximum absolute atomic E-state index is 11.9. The Hall–Kier alpha value is -1.38. The molecule has 0 saturated carbocycles. The molecule has 0 atom stereocenters. The summed E-state index contributed by atoms with van der Waals surface area (Å²) < 4.78 is 16.8. The quantitative estimate of drug-likeness (QED) is 0.644. The van der Waals surface area contributed by atoms with E-state index in [1.165, 1.54) is 13.2 Å². The fourth-order valence-electron chi connectivity index (χ4n) is 0.874. The molecule has 0 heterocycles. The molecular formula is C9H9FO2. The number of rotatable bonds is 3. The van der Waals surface area contributed by atoms with Gasteiger partial charge in [0.25, 0.3) is 0 Å². The Labute approximate surface area is 70.0 Å². The van der Waals surface area contributed by atoms with Gasteiger partial charge in [-0.2, -0.15) is 0 Å². The number of Topliss-reactive ketones (excluding diaryl/α,β-unsaturated/α-hetero) is 1. The molecule has 2 nitrogen and oxygen atoms in total. The molecule has 64 valence electrons. The zero-order valence-electron chi connectivity index (χ0n) is 6.71. The van der Waals surface area contributed by atoms with Crippen molar-refractivity contribution in [2.45, 2.75) is 0 Å². The number of alkyl halides is 1. The first kappa shape index (κ1) is 8.71. The molecule has 0 aromatic heterocycles. The van der Waals surface area contributed by atoms with Gasteiger partial charge < -0.3 is 4.74 Å². The summed E-state index contributed by atoms with van der Waals surface area (Å²) in [5.74, 6) is 0.0446. The molecule has 0 amide bonds. The van der Waals surface area contributed by atoms with Gasteiger partial charge in [-0.25, -0.2) is 4.39 Å². The first-order chi connectivity index (χ1) is 5.77. The average Bonchev–Trinajstić information content (AvgIpc) is 2.17. The van der Waals surface area contributed by atoms with Crippen LogP contribution in [-0.2, 0) is 0 Å². The predicted octanol–water partition coefficient (Wildman–Crippen LogP) is 1.85. The second-order valence-corrected chi connectivity index (χ2v) is 2.29. The van der Waals surface area contributed by atoms with Gasteiger partial charge in [-0.05, 0) is 12.1 Å². The van der Waals surface area contributed by atoms with Gasteiger partial charge in [-0.1, -0.05) is 12.1 Å². The SMILES string of the molecule is COc1cccc(C(=O)CF)c1. The topological polar surface area (TPSA) is 26.3 Å². The lowest BCUT2D eigenvalue weighted by Crippen LogP contribution is -2.00. The third-order valence-corrected chi connectivity index (χ3v) is 1.51. The van der Waals surface area contributed by atoms with Crippen LogP contribution in [0.3, 0.4) is 0 Å². The van der Waals surface area contributed by atoms with Gasteiger partial charge in [0, 0.05) is 5.56 Å². The average molecular weight is 168 g/mol. The Kier molecular flexibility index (Phi) is 2.80. The Morgan fingerprint density at radius 2 is 2.33 bits per heavy atom. The minimum Gasteiger partial charge on any atom is -0.497 e. The molecule has 0 N–H and O–H groups in total. The maximum atomic E-state index is 11.9. The van der Waals surface area contributed by atoms with Crippen LogP contribution in [0.5, 0.6) is 5.75 Å². The minimum atomic E-state index is -0.965. The second kappa shape index (κ2) is 3.85. The number of ether oxygens (including phenoxy) is 1. The van der Waals surface area contributed by atoms with Gasteiger partial charge in [0.2, 0.25) is 0 Å². The third kappa shape index (κ3) is 1.81. The minimum absolute atomic E-state index is 0.344. The van der Waals surface area contributed by atoms with E-state index in [-0.39, 0.29) is 0 Å². The highest BCUT2D eigenvalue weighted by Crippen LogP contribution is 2.12. The molecule has 0 aliphatic rings. The molecule has 0 aliphatic carbocycles. The van der Waals surface area contributed by atoms with E-state index < -0.39 is 12.5 Å². The van der Waals surface area contributed by atoms with Crippen molar-refractivity contribution in [3.8, 4) is 5.75 Å². The summed E-state index contributed by atoms with van der Waals surface area (Å²) in [6.07, 6.45) is 0. The van der Waals surface area contributed by atoms with Crippen LogP contribution in [0.2, 0.25) is 0 Å². The van der Waals surface area contributed by atoms with Crippen LogP contribution in [0.25, 0.3) is 0 Å². The molecule has 0 aliphatic heterocycles. The van der Waals surface area contributed by atoms with Crippen molar-refractivity contribution in [2.75, 3.05) is 13.8 Å². The van der Waals surface area contributed by atoms with Crippen molar-refractivity contribution in [2.24, 2.45) is 0 Å². The lowest BCUT2D eigenvalue weighted by Gasteiger charge is -2.00. The van der Waals surface area contributed by atoms with Crippen molar-refractivity contribution < 1.29 is 13.9 Å². The molecule has 0 saturated heterocycles. The number of halogens is 1. The summed E-state index contributed by atoms with van der Waals surface area (Å²) in [7, 11) is 1.50. The van der Waals surface area contributed by atoms with E-state index in [1.54, 1.807) is 18.2 Å². The maximum Gasteiger partial charge on any atom is 0.193 e. The van der Waals surface area contributed by atoms with E-state index in [0.29, 0.717) is 11.3 Å². The summed E-state index contributed by atoms with van der Waals surface area (Å²) in [4.78, 5) is 10.9. The van der Waals surface area contributed by atoms with Crippen molar-refractivity contribution in [3.05, 3.63) is 29.8 Å². The summed E-state index contributed by atoms with van der Waals surface area (Å²) in [5, 5.41) is 0. The standard InChI is InChI=1S/C9H9FO2/c1-12-8-4-2-3-7(5-8)9(11)6-10/h2-5H,6H2,1H3. The van der Waals surface area contributed by atoms with E-state index in [4.69, 9.17) is 4.74 Å². The van der Waals surface area contributed by atoms with E-state index in [0.717, 1.165) is 0 Å². The molecule has 0 fully saturated rings. The van der Waals surface area contributed by atoms with Gasteiger partial charge in [0.15, 0.2) is 12.5 Å². The molecule has 1 rings (SSSR count). The number of benzene rings is 1. The Bertz CT molecular complexity index is 284. The highest BCUT2D eigenvalue weighted by atomic mass is 19.1. The molecule has 1 aromatic rings. The summed E-state index contributed by atoms with van der Waals surface area (Å²) in [6.45, 7) is -0.965. The molecule has 0 spiro atoms. The van der Waals surface area contributed by atoms with Crippen LogP contribution < -0.4 is 4.74 Å². The molecule has 1 aromatic carbocycles. The van der Waals surface area contributed by atoms with E-state index in [2.05, 4.69) is 0 Å². The van der Waals surface area contributed by atoms with Crippen LogP contribution >= 0.6 is 0 Å². The van der Waals surface area contributed by atoms with Gasteiger partial charge in [0.05, 0.1) is 7.11 Å². The van der Waals surface area contributed by atoms with Crippen LogP contribution in [0.4, 0.5) is 4.39 Å². The van der Waals surface area contributed by atoms with Crippen LogP contribution in [0, 0.1) is 0 Å². The zero-order valence-corrected chi connectivity index (χ0v) is 6.71. The number of methoxy groups -OCH3 is 1. The smallest absolute Gasteiger partial charge is 0.193 e.